The van der Waals surface area contributed by atoms with Gasteiger partial charge in [-0.25, -0.2) is 0 Å². The molecule has 2 amide bonds. The van der Waals surface area contributed by atoms with Crippen molar-refractivity contribution in [1.82, 2.24) is 15.6 Å². The highest BCUT2D eigenvalue weighted by Crippen LogP contribution is 2.26. The summed E-state index contributed by atoms with van der Waals surface area (Å²) in [6.45, 7) is 9.61. The fraction of sp³-hybridized carbons (Fsp3) is 0.394. The molecule has 1 aromatic heterocycles. The van der Waals surface area contributed by atoms with E-state index in [-0.39, 0.29) is 24.3 Å². The molecule has 0 fully saturated rings. The standard InChI is InChI=1S/C33H42N4O4/c1-22-19-24(16-17-28(22)25-12-7-6-8-13-25)11-9-14-26(20-29(38)41-34)31(39)37-30(33(3,4)5)32(40)36-23(2)27-15-10-18-35-21-27/h6-8,10,12-13,15-19,21,23,26,30H,9,11,14,20,34H2,1-5H3,(H,36,40)(H,37,39)/t23-,26-,30-/m1/s1. The Balaban J connectivity index is 1.67. The highest BCUT2D eigenvalue weighted by atomic mass is 16.7. The van der Waals surface area contributed by atoms with Gasteiger partial charge in [-0.15, -0.1) is 0 Å². The van der Waals surface area contributed by atoms with Crippen LogP contribution in [0.3, 0.4) is 0 Å². The Labute approximate surface area is 243 Å². The first-order valence-corrected chi connectivity index (χ1v) is 14.0. The highest BCUT2D eigenvalue weighted by molar-refractivity contribution is 5.90. The summed E-state index contributed by atoms with van der Waals surface area (Å²) in [6, 6.07) is 19.2. The number of pyridine rings is 1. The zero-order chi connectivity index (χ0) is 30.0. The van der Waals surface area contributed by atoms with E-state index in [1.807, 2.05) is 52.0 Å². The van der Waals surface area contributed by atoms with Gasteiger partial charge in [0.2, 0.25) is 11.8 Å². The zero-order valence-corrected chi connectivity index (χ0v) is 24.6. The third kappa shape index (κ3) is 9.25. The number of carbonyl (C=O) groups is 3. The number of carbonyl (C=O) groups excluding carboxylic acids is 3. The molecule has 0 spiro atoms. The Morgan fingerprint density at radius 2 is 1.71 bits per heavy atom. The maximum atomic E-state index is 13.5. The summed E-state index contributed by atoms with van der Waals surface area (Å²) in [5.74, 6) is 3.05. The molecule has 0 saturated heterocycles. The largest absolute Gasteiger partial charge is 0.373 e. The zero-order valence-electron chi connectivity index (χ0n) is 24.6. The smallest absolute Gasteiger partial charge is 0.325 e. The summed E-state index contributed by atoms with van der Waals surface area (Å²) in [5, 5.41) is 5.89. The Hall–Kier alpha value is -4.04. The van der Waals surface area contributed by atoms with Gasteiger partial charge >= 0.3 is 5.97 Å². The van der Waals surface area contributed by atoms with Crippen molar-refractivity contribution in [2.45, 2.75) is 72.4 Å². The predicted octanol–water partition coefficient (Wildman–Crippen LogP) is 5.21. The lowest BCUT2D eigenvalue weighted by Crippen LogP contribution is -2.55. The molecule has 0 unspecified atom stereocenters. The van der Waals surface area contributed by atoms with Crippen LogP contribution in [0.4, 0.5) is 0 Å². The van der Waals surface area contributed by atoms with Crippen LogP contribution in [0.25, 0.3) is 11.1 Å². The fourth-order valence-electron chi connectivity index (χ4n) is 4.90. The van der Waals surface area contributed by atoms with E-state index < -0.39 is 23.3 Å². The first kappa shape index (κ1) is 31.5. The summed E-state index contributed by atoms with van der Waals surface area (Å²) < 4.78 is 0. The van der Waals surface area contributed by atoms with Crippen LogP contribution in [-0.4, -0.2) is 28.8 Å². The lowest BCUT2D eigenvalue weighted by Gasteiger charge is -2.32. The van der Waals surface area contributed by atoms with E-state index in [4.69, 9.17) is 5.90 Å². The summed E-state index contributed by atoms with van der Waals surface area (Å²) in [6.07, 6.45) is 5.04. The van der Waals surface area contributed by atoms with E-state index in [0.29, 0.717) is 12.8 Å². The lowest BCUT2D eigenvalue weighted by atomic mass is 9.85. The molecule has 8 heteroatoms. The molecular formula is C33H42N4O4. The topological polar surface area (TPSA) is 123 Å². The fourth-order valence-corrected chi connectivity index (χ4v) is 4.90. The maximum absolute atomic E-state index is 13.5. The number of nitrogens with one attached hydrogen (secondary N) is 2. The number of aryl methyl sites for hydroxylation is 2. The molecule has 0 aliphatic rings. The Morgan fingerprint density at radius 1 is 0.976 bits per heavy atom. The first-order chi connectivity index (χ1) is 19.5. The van der Waals surface area contributed by atoms with Gasteiger partial charge in [0.25, 0.3) is 0 Å². The molecule has 8 nitrogen and oxygen atoms in total. The van der Waals surface area contributed by atoms with Gasteiger partial charge in [-0.05, 0) is 72.4 Å². The SMILES string of the molecule is Cc1cc(CCC[C@H](CC(=O)ON)C(=O)N[C@H](C(=O)N[C@H](C)c2cccnc2)C(C)(C)C)ccc1-c1ccccc1. The third-order valence-electron chi connectivity index (χ3n) is 7.27. The van der Waals surface area contributed by atoms with Crippen molar-refractivity contribution < 1.29 is 19.2 Å². The minimum absolute atomic E-state index is 0.168. The number of aromatic nitrogens is 1. The second kappa shape index (κ2) is 14.6. The number of hydrogen-bond acceptors (Lipinski definition) is 6. The van der Waals surface area contributed by atoms with E-state index in [1.165, 1.54) is 16.7 Å². The van der Waals surface area contributed by atoms with Crippen molar-refractivity contribution in [2.75, 3.05) is 0 Å². The molecule has 0 bridgehead atoms. The van der Waals surface area contributed by atoms with E-state index in [0.717, 1.165) is 17.5 Å². The number of hydrogen-bond donors (Lipinski definition) is 3. The summed E-state index contributed by atoms with van der Waals surface area (Å²) in [5.41, 5.74) is 4.96. The normalized spacial score (nSPS) is 13.5. The van der Waals surface area contributed by atoms with Gasteiger partial charge in [0.15, 0.2) is 0 Å². The third-order valence-corrected chi connectivity index (χ3v) is 7.27. The Bertz CT molecular complexity index is 1310. The molecule has 0 radical (unpaired) electrons. The molecule has 3 rings (SSSR count). The second-order valence-corrected chi connectivity index (χ2v) is 11.6. The summed E-state index contributed by atoms with van der Waals surface area (Å²) in [4.78, 5) is 47.4. The van der Waals surface area contributed by atoms with Crippen LogP contribution >= 0.6 is 0 Å². The van der Waals surface area contributed by atoms with Crippen LogP contribution < -0.4 is 16.5 Å². The van der Waals surface area contributed by atoms with Crippen molar-refractivity contribution in [3.05, 3.63) is 89.7 Å². The molecule has 0 aliphatic heterocycles. The average Bonchev–Trinajstić information content (AvgIpc) is 2.95. The second-order valence-electron chi connectivity index (χ2n) is 11.6. The molecule has 0 aliphatic carbocycles. The van der Waals surface area contributed by atoms with Crippen molar-refractivity contribution >= 4 is 17.8 Å². The van der Waals surface area contributed by atoms with Crippen LogP contribution in [0.2, 0.25) is 0 Å². The van der Waals surface area contributed by atoms with Crippen molar-refractivity contribution in [3.63, 3.8) is 0 Å². The molecule has 41 heavy (non-hydrogen) atoms. The molecule has 3 atom stereocenters. The van der Waals surface area contributed by atoms with E-state index in [2.05, 4.69) is 57.7 Å². The highest BCUT2D eigenvalue weighted by Gasteiger charge is 2.35. The Morgan fingerprint density at radius 3 is 2.32 bits per heavy atom. The van der Waals surface area contributed by atoms with Crippen LogP contribution in [0, 0.1) is 18.3 Å². The number of benzene rings is 2. The van der Waals surface area contributed by atoms with E-state index >= 15 is 0 Å². The molecule has 218 valence electrons. The molecule has 0 saturated carbocycles. The predicted molar refractivity (Wildman–Crippen MR) is 160 cm³/mol. The van der Waals surface area contributed by atoms with Crippen LogP contribution in [0.1, 0.15) is 69.7 Å². The van der Waals surface area contributed by atoms with E-state index in [1.54, 1.807) is 18.5 Å². The van der Waals surface area contributed by atoms with Crippen molar-refractivity contribution in [2.24, 2.45) is 17.2 Å². The molecular weight excluding hydrogens is 516 g/mol. The van der Waals surface area contributed by atoms with Gasteiger partial charge in [-0.1, -0.05) is 75.4 Å². The van der Waals surface area contributed by atoms with Crippen molar-refractivity contribution in [3.8, 4) is 11.1 Å². The van der Waals surface area contributed by atoms with Gasteiger partial charge in [-0.2, -0.15) is 5.90 Å². The van der Waals surface area contributed by atoms with Gasteiger partial charge in [-0.3, -0.25) is 19.4 Å². The average molecular weight is 559 g/mol. The molecule has 1 heterocycles. The van der Waals surface area contributed by atoms with Crippen LogP contribution in [0.5, 0.6) is 0 Å². The van der Waals surface area contributed by atoms with Gasteiger partial charge < -0.3 is 15.5 Å². The quantitative estimate of drug-likeness (QED) is 0.262. The number of amides is 2. The molecule has 3 aromatic rings. The number of rotatable bonds is 12. The van der Waals surface area contributed by atoms with E-state index in [9.17, 15) is 14.4 Å². The summed E-state index contributed by atoms with van der Waals surface area (Å²) in [7, 11) is 0. The van der Waals surface area contributed by atoms with Gasteiger partial charge in [0.1, 0.15) is 6.04 Å². The monoisotopic (exact) mass is 558 g/mol. The van der Waals surface area contributed by atoms with Crippen LogP contribution in [0.15, 0.2) is 73.1 Å². The lowest BCUT2D eigenvalue weighted by molar-refractivity contribution is -0.147. The van der Waals surface area contributed by atoms with Gasteiger partial charge in [0.05, 0.1) is 12.5 Å². The first-order valence-electron chi connectivity index (χ1n) is 14.0. The Kier molecular flexibility index (Phi) is 11.2. The van der Waals surface area contributed by atoms with Crippen molar-refractivity contribution in [1.29, 1.82) is 0 Å². The van der Waals surface area contributed by atoms with Gasteiger partial charge in [0, 0.05) is 18.3 Å². The maximum Gasteiger partial charge on any atom is 0.325 e. The number of nitrogens with zero attached hydrogens (tertiary/aromatic N) is 1. The minimum Gasteiger partial charge on any atom is -0.373 e. The summed E-state index contributed by atoms with van der Waals surface area (Å²) >= 11 is 0. The molecule has 2 aromatic carbocycles. The minimum atomic E-state index is -0.821. The van der Waals surface area contributed by atoms with Crippen LogP contribution in [-0.2, 0) is 25.6 Å². The molecule has 4 N–H and O–H groups in total. The number of nitrogens with two attached hydrogens (primary N) is 1.